The molecule has 2 aromatic rings. The number of H-pyrrole nitrogens is 1. The normalized spacial score (nSPS) is 20.1. The first kappa shape index (κ1) is 12.9. The van der Waals surface area contributed by atoms with Gasteiger partial charge in [0.1, 0.15) is 0 Å². The highest BCUT2D eigenvalue weighted by Gasteiger charge is 2.28. The zero-order valence-corrected chi connectivity index (χ0v) is 12.4. The number of piperidine rings is 1. The number of fused-ring (bicyclic) bond motifs is 1. The number of hydrogen-bond donors (Lipinski definition) is 1. The summed E-state index contributed by atoms with van der Waals surface area (Å²) in [6.07, 6.45) is 6.73. The van der Waals surface area contributed by atoms with Gasteiger partial charge in [-0.05, 0) is 54.7 Å². The van der Waals surface area contributed by atoms with Gasteiger partial charge in [-0.2, -0.15) is 5.10 Å². The smallest absolute Gasteiger partial charge is 0.219 e. The highest BCUT2D eigenvalue weighted by atomic mass is 16.2. The third-order valence-electron chi connectivity index (χ3n) is 5.04. The van der Waals surface area contributed by atoms with Gasteiger partial charge in [0.2, 0.25) is 5.91 Å². The second kappa shape index (κ2) is 4.86. The van der Waals surface area contributed by atoms with E-state index < -0.39 is 0 Å². The van der Waals surface area contributed by atoms with Crippen LogP contribution in [0.2, 0.25) is 0 Å². The molecule has 21 heavy (non-hydrogen) atoms. The maximum atomic E-state index is 11.5. The summed E-state index contributed by atoms with van der Waals surface area (Å²) >= 11 is 0. The maximum absolute atomic E-state index is 11.5. The number of hydrogen-bond acceptors (Lipinski definition) is 2. The Morgan fingerprint density at radius 1 is 1.19 bits per heavy atom. The fourth-order valence-electron chi connectivity index (χ4n) is 3.60. The van der Waals surface area contributed by atoms with Crippen LogP contribution in [0.4, 0.5) is 0 Å². The fraction of sp³-hybridized carbons (Fsp3) is 0.529. The summed E-state index contributed by atoms with van der Waals surface area (Å²) in [5, 5.41) is 8.63. The maximum Gasteiger partial charge on any atom is 0.219 e. The number of likely N-dealkylation sites (tertiary alicyclic amines) is 1. The highest BCUT2D eigenvalue weighted by molar-refractivity contribution is 5.83. The van der Waals surface area contributed by atoms with Crippen molar-refractivity contribution in [2.45, 2.75) is 44.4 Å². The van der Waals surface area contributed by atoms with Gasteiger partial charge in [-0.1, -0.05) is 6.07 Å². The van der Waals surface area contributed by atoms with Crippen molar-refractivity contribution in [3.63, 3.8) is 0 Å². The van der Waals surface area contributed by atoms with Crippen LogP contribution in [0.25, 0.3) is 10.9 Å². The van der Waals surface area contributed by atoms with Gasteiger partial charge in [-0.3, -0.25) is 9.89 Å². The third kappa shape index (κ3) is 2.33. The van der Waals surface area contributed by atoms with E-state index in [1.54, 1.807) is 6.92 Å². The minimum atomic E-state index is 0.202. The molecule has 4 heteroatoms. The topological polar surface area (TPSA) is 49.0 Å². The second-order valence-corrected chi connectivity index (χ2v) is 6.50. The Balaban J connectivity index is 1.66. The van der Waals surface area contributed by atoms with Crippen molar-refractivity contribution in [1.82, 2.24) is 15.1 Å². The van der Waals surface area contributed by atoms with Gasteiger partial charge in [-0.15, -0.1) is 0 Å². The Labute approximate surface area is 124 Å². The Hall–Kier alpha value is -1.84. The molecule has 1 aliphatic carbocycles. The zero-order valence-electron chi connectivity index (χ0n) is 12.4. The first-order valence-corrected chi connectivity index (χ1v) is 7.95. The molecule has 1 aromatic carbocycles. The van der Waals surface area contributed by atoms with Crippen LogP contribution in [0.3, 0.4) is 0 Å². The molecular formula is C17H21N3O. The highest BCUT2D eigenvalue weighted by Crippen LogP contribution is 2.43. The van der Waals surface area contributed by atoms with Gasteiger partial charge in [0.25, 0.3) is 0 Å². The monoisotopic (exact) mass is 283 g/mol. The number of aromatic nitrogens is 2. The number of carbonyl (C=O) groups excluding carboxylic acids is 1. The molecule has 1 saturated heterocycles. The van der Waals surface area contributed by atoms with Crippen molar-refractivity contribution >= 4 is 16.8 Å². The van der Waals surface area contributed by atoms with Crippen molar-refractivity contribution in [3.05, 3.63) is 29.5 Å². The number of benzene rings is 1. The quantitative estimate of drug-likeness (QED) is 0.920. The minimum Gasteiger partial charge on any atom is -0.343 e. The van der Waals surface area contributed by atoms with Crippen molar-refractivity contribution in [3.8, 4) is 0 Å². The van der Waals surface area contributed by atoms with Gasteiger partial charge < -0.3 is 4.90 Å². The fourth-order valence-corrected chi connectivity index (χ4v) is 3.60. The van der Waals surface area contributed by atoms with E-state index in [-0.39, 0.29) is 5.91 Å². The van der Waals surface area contributed by atoms with E-state index in [2.05, 4.69) is 22.3 Å². The molecule has 1 saturated carbocycles. The lowest BCUT2D eigenvalue weighted by Crippen LogP contribution is -2.36. The standard InChI is InChI=1S/C17H21N3O/c1-11(21)20-6-4-13(5-7-20)15-8-14(12-2-3-12)9-17-16(15)10-18-19-17/h8-10,12-13H,2-7H2,1H3,(H,18,19). The van der Waals surface area contributed by atoms with Crippen LogP contribution in [-0.4, -0.2) is 34.1 Å². The zero-order chi connectivity index (χ0) is 14.4. The SMILES string of the molecule is CC(=O)N1CCC(c2cc(C3CC3)cc3[nH]ncc23)CC1. The van der Waals surface area contributed by atoms with Crippen molar-refractivity contribution < 1.29 is 4.79 Å². The van der Waals surface area contributed by atoms with Crippen LogP contribution in [-0.2, 0) is 4.79 Å². The molecule has 110 valence electrons. The number of nitrogens with zero attached hydrogens (tertiary/aromatic N) is 2. The van der Waals surface area contributed by atoms with Gasteiger partial charge in [0.15, 0.2) is 0 Å². The summed E-state index contributed by atoms with van der Waals surface area (Å²) in [5.41, 5.74) is 4.07. The van der Waals surface area contributed by atoms with Crippen LogP contribution < -0.4 is 0 Å². The Bertz CT molecular complexity index is 678. The van der Waals surface area contributed by atoms with Crippen molar-refractivity contribution in [1.29, 1.82) is 0 Å². The van der Waals surface area contributed by atoms with E-state index in [1.165, 1.54) is 34.9 Å². The Morgan fingerprint density at radius 2 is 1.95 bits per heavy atom. The van der Waals surface area contributed by atoms with Gasteiger partial charge >= 0.3 is 0 Å². The molecule has 0 bridgehead atoms. The van der Waals surface area contributed by atoms with E-state index in [0.29, 0.717) is 5.92 Å². The predicted molar refractivity (Wildman–Crippen MR) is 82.3 cm³/mol. The minimum absolute atomic E-state index is 0.202. The summed E-state index contributed by atoms with van der Waals surface area (Å²) in [4.78, 5) is 13.4. The van der Waals surface area contributed by atoms with E-state index in [1.807, 2.05) is 11.1 Å². The summed E-state index contributed by atoms with van der Waals surface area (Å²) in [6, 6.07) is 4.68. The first-order valence-electron chi connectivity index (χ1n) is 7.95. The molecule has 1 aromatic heterocycles. The molecule has 4 rings (SSSR count). The molecule has 1 aliphatic heterocycles. The van der Waals surface area contributed by atoms with Crippen LogP contribution in [0.1, 0.15) is 55.6 Å². The van der Waals surface area contributed by atoms with Crippen LogP contribution in [0.5, 0.6) is 0 Å². The lowest BCUT2D eigenvalue weighted by atomic mass is 9.86. The number of carbonyl (C=O) groups is 1. The van der Waals surface area contributed by atoms with E-state index in [0.717, 1.165) is 31.8 Å². The molecular weight excluding hydrogens is 262 g/mol. The van der Waals surface area contributed by atoms with E-state index >= 15 is 0 Å². The van der Waals surface area contributed by atoms with E-state index in [9.17, 15) is 4.79 Å². The summed E-state index contributed by atoms with van der Waals surface area (Å²) in [7, 11) is 0. The number of amides is 1. The lowest BCUT2D eigenvalue weighted by molar-refractivity contribution is -0.129. The summed E-state index contributed by atoms with van der Waals surface area (Å²) in [5.74, 6) is 1.52. The molecule has 0 spiro atoms. The van der Waals surface area contributed by atoms with Gasteiger partial charge in [0, 0.05) is 25.4 Å². The summed E-state index contributed by atoms with van der Waals surface area (Å²) < 4.78 is 0. The Kier molecular flexibility index (Phi) is 2.98. The average Bonchev–Trinajstić information content (AvgIpc) is 3.24. The largest absolute Gasteiger partial charge is 0.343 e. The van der Waals surface area contributed by atoms with Crippen molar-refractivity contribution in [2.75, 3.05) is 13.1 Å². The first-order chi connectivity index (χ1) is 10.2. The molecule has 2 fully saturated rings. The van der Waals surface area contributed by atoms with Gasteiger partial charge in [0.05, 0.1) is 11.7 Å². The number of aromatic amines is 1. The second-order valence-electron chi connectivity index (χ2n) is 6.50. The molecule has 4 nitrogen and oxygen atoms in total. The molecule has 2 heterocycles. The molecule has 1 N–H and O–H groups in total. The number of rotatable bonds is 2. The average molecular weight is 283 g/mol. The van der Waals surface area contributed by atoms with Crippen LogP contribution in [0.15, 0.2) is 18.3 Å². The van der Waals surface area contributed by atoms with E-state index in [4.69, 9.17) is 0 Å². The number of nitrogens with one attached hydrogen (secondary N) is 1. The molecule has 0 atom stereocenters. The van der Waals surface area contributed by atoms with Gasteiger partial charge in [-0.25, -0.2) is 0 Å². The predicted octanol–water partition coefficient (Wildman–Crippen LogP) is 3.17. The van der Waals surface area contributed by atoms with Crippen LogP contribution >= 0.6 is 0 Å². The molecule has 0 radical (unpaired) electrons. The molecule has 2 aliphatic rings. The molecule has 1 amide bonds. The van der Waals surface area contributed by atoms with Crippen molar-refractivity contribution in [2.24, 2.45) is 0 Å². The third-order valence-corrected chi connectivity index (χ3v) is 5.04. The van der Waals surface area contributed by atoms with Crippen LogP contribution in [0, 0.1) is 0 Å². The summed E-state index contributed by atoms with van der Waals surface area (Å²) in [6.45, 7) is 3.43. The molecule has 0 unspecified atom stereocenters. The Morgan fingerprint density at radius 3 is 2.62 bits per heavy atom. The lowest BCUT2D eigenvalue weighted by Gasteiger charge is -2.32.